The Hall–Kier alpha value is -1.75. The van der Waals surface area contributed by atoms with Crippen molar-refractivity contribution in [2.45, 2.75) is 6.92 Å². The number of halogens is 1. The van der Waals surface area contributed by atoms with E-state index in [0.29, 0.717) is 0 Å². The molecule has 4 N–H and O–H groups in total. The van der Waals surface area contributed by atoms with Crippen LogP contribution in [-0.4, -0.2) is 18.5 Å². The molecule has 6 heteroatoms. The summed E-state index contributed by atoms with van der Waals surface area (Å²) in [6.45, 7) is 1.46. The zero-order valence-electron chi connectivity index (χ0n) is 9.27. The van der Waals surface area contributed by atoms with Gasteiger partial charge in [0, 0.05) is 5.69 Å². The predicted octanol–water partition coefficient (Wildman–Crippen LogP) is 1.20. The van der Waals surface area contributed by atoms with Gasteiger partial charge in [0.2, 0.25) is 5.91 Å². The maximum Gasteiger partial charge on any atom is 0.341 e. The van der Waals surface area contributed by atoms with Crippen LogP contribution in [0.25, 0.3) is 0 Å². The Kier molecular flexibility index (Phi) is 4.34. The lowest BCUT2D eigenvalue weighted by Gasteiger charge is -2.10. The summed E-state index contributed by atoms with van der Waals surface area (Å²) >= 11 is 5.83. The number of carbonyl (C=O) groups excluding carboxylic acids is 2. The molecule has 1 rings (SSSR count). The molecule has 0 aliphatic heterocycles. The van der Waals surface area contributed by atoms with Crippen molar-refractivity contribution < 1.29 is 14.3 Å². The average Bonchev–Trinajstić information content (AvgIpc) is 2.25. The van der Waals surface area contributed by atoms with Crippen LogP contribution in [0.1, 0.15) is 17.3 Å². The third-order valence-corrected chi connectivity index (χ3v) is 2.52. The molecule has 0 spiro atoms. The first kappa shape index (κ1) is 13.3. The first-order chi connectivity index (χ1) is 7.93. The van der Waals surface area contributed by atoms with Crippen molar-refractivity contribution in [3.8, 4) is 0 Å². The highest BCUT2D eigenvalue weighted by atomic mass is 35.5. The molecule has 1 atom stereocenters. The number of anilines is 1. The number of amides is 1. The number of primary amides is 1. The van der Waals surface area contributed by atoms with Gasteiger partial charge in [0.05, 0.1) is 10.9 Å². The molecule has 1 aromatic carbocycles. The number of nitrogens with two attached hydrogens (primary N) is 2. The van der Waals surface area contributed by atoms with Gasteiger partial charge < -0.3 is 16.2 Å². The molecule has 1 aromatic rings. The maximum atomic E-state index is 11.7. The monoisotopic (exact) mass is 256 g/mol. The Morgan fingerprint density at radius 1 is 1.47 bits per heavy atom. The van der Waals surface area contributed by atoms with Gasteiger partial charge in [-0.15, -0.1) is 0 Å². The van der Waals surface area contributed by atoms with E-state index in [4.69, 9.17) is 27.8 Å². The van der Waals surface area contributed by atoms with Crippen LogP contribution in [0.4, 0.5) is 5.69 Å². The Morgan fingerprint density at radius 3 is 2.65 bits per heavy atom. The van der Waals surface area contributed by atoms with E-state index >= 15 is 0 Å². The molecule has 0 aromatic heterocycles. The molecule has 1 amide bonds. The zero-order valence-corrected chi connectivity index (χ0v) is 10.0. The second-order valence-electron chi connectivity index (χ2n) is 3.61. The lowest BCUT2D eigenvalue weighted by atomic mass is 10.1. The SMILES string of the molecule is CC(COC(=O)c1c(N)cccc1Cl)C(N)=O. The molecule has 5 nitrogen and oxygen atoms in total. The molecule has 92 valence electrons. The Bertz CT molecular complexity index is 428. The summed E-state index contributed by atoms with van der Waals surface area (Å²) in [6, 6.07) is 4.70. The summed E-state index contributed by atoms with van der Waals surface area (Å²) in [5.41, 5.74) is 11.0. The number of hydrogen-bond donors (Lipinski definition) is 2. The van der Waals surface area contributed by atoms with Gasteiger partial charge in [0.1, 0.15) is 12.2 Å². The number of rotatable bonds is 4. The molecule has 0 saturated carbocycles. The van der Waals surface area contributed by atoms with Crippen LogP contribution in [-0.2, 0) is 9.53 Å². The minimum absolute atomic E-state index is 0.0984. The molecule has 0 aliphatic carbocycles. The third-order valence-electron chi connectivity index (χ3n) is 2.20. The number of carbonyl (C=O) groups is 2. The predicted molar refractivity (Wildman–Crippen MR) is 64.5 cm³/mol. The fourth-order valence-electron chi connectivity index (χ4n) is 1.11. The fraction of sp³-hybridized carbons (Fsp3) is 0.273. The van der Waals surface area contributed by atoms with Gasteiger partial charge in [-0.05, 0) is 12.1 Å². The number of benzene rings is 1. The van der Waals surface area contributed by atoms with E-state index in [2.05, 4.69) is 0 Å². The minimum atomic E-state index is -0.666. The normalized spacial score (nSPS) is 11.9. The minimum Gasteiger partial charge on any atom is -0.461 e. The molecule has 0 radical (unpaired) electrons. The van der Waals surface area contributed by atoms with Crippen LogP contribution < -0.4 is 11.5 Å². The molecule has 0 heterocycles. The Labute approximate surface area is 104 Å². The lowest BCUT2D eigenvalue weighted by Crippen LogP contribution is -2.26. The van der Waals surface area contributed by atoms with Crippen LogP contribution in [0.15, 0.2) is 18.2 Å². The maximum absolute atomic E-state index is 11.7. The fourth-order valence-corrected chi connectivity index (χ4v) is 1.37. The van der Waals surface area contributed by atoms with Gasteiger partial charge in [0.15, 0.2) is 0 Å². The third kappa shape index (κ3) is 3.35. The van der Waals surface area contributed by atoms with E-state index in [0.717, 1.165) is 0 Å². The van der Waals surface area contributed by atoms with Crippen molar-refractivity contribution in [2.75, 3.05) is 12.3 Å². The van der Waals surface area contributed by atoms with Crippen molar-refractivity contribution in [1.82, 2.24) is 0 Å². The van der Waals surface area contributed by atoms with E-state index < -0.39 is 17.8 Å². The first-order valence-corrected chi connectivity index (χ1v) is 5.31. The second kappa shape index (κ2) is 5.54. The van der Waals surface area contributed by atoms with Crippen molar-refractivity contribution in [2.24, 2.45) is 11.7 Å². The van der Waals surface area contributed by atoms with Crippen molar-refractivity contribution in [3.05, 3.63) is 28.8 Å². The van der Waals surface area contributed by atoms with Crippen LogP contribution in [0.5, 0.6) is 0 Å². The highest BCUT2D eigenvalue weighted by Gasteiger charge is 2.17. The summed E-state index contributed by atoms with van der Waals surface area (Å²) in [6.07, 6.45) is 0. The Balaban J connectivity index is 2.74. The smallest absolute Gasteiger partial charge is 0.341 e. The molecule has 0 aliphatic rings. The van der Waals surface area contributed by atoms with E-state index in [1.807, 2.05) is 0 Å². The van der Waals surface area contributed by atoms with E-state index in [9.17, 15) is 9.59 Å². The summed E-state index contributed by atoms with van der Waals surface area (Å²) in [4.78, 5) is 22.4. The summed E-state index contributed by atoms with van der Waals surface area (Å²) in [7, 11) is 0. The van der Waals surface area contributed by atoms with Gasteiger partial charge in [-0.25, -0.2) is 4.79 Å². The van der Waals surface area contributed by atoms with Gasteiger partial charge in [0.25, 0.3) is 0 Å². The molecule has 17 heavy (non-hydrogen) atoms. The molecular weight excluding hydrogens is 244 g/mol. The summed E-state index contributed by atoms with van der Waals surface area (Å²) < 4.78 is 4.91. The van der Waals surface area contributed by atoms with E-state index in [1.54, 1.807) is 19.1 Å². The summed E-state index contributed by atoms with van der Waals surface area (Å²) in [5, 5.41) is 0.210. The topological polar surface area (TPSA) is 95.4 Å². The molecule has 1 unspecified atom stereocenters. The first-order valence-electron chi connectivity index (χ1n) is 4.94. The van der Waals surface area contributed by atoms with Crippen LogP contribution in [0.2, 0.25) is 5.02 Å². The lowest BCUT2D eigenvalue weighted by molar-refractivity contribution is -0.122. The van der Waals surface area contributed by atoms with Crippen LogP contribution in [0, 0.1) is 5.92 Å². The number of hydrogen-bond acceptors (Lipinski definition) is 4. The highest BCUT2D eigenvalue weighted by Crippen LogP contribution is 2.22. The van der Waals surface area contributed by atoms with Crippen LogP contribution in [0.3, 0.4) is 0 Å². The zero-order chi connectivity index (χ0) is 13.0. The van der Waals surface area contributed by atoms with Crippen molar-refractivity contribution >= 4 is 29.2 Å². The molecule has 0 fully saturated rings. The number of esters is 1. The summed E-state index contributed by atoms with van der Waals surface area (Å²) in [5.74, 6) is -1.76. The Morgan fingerprint density at radius 2 is 2.12 bits per heavy atom. The molecule has 0 bridgehead atoms. The van der Waals surface area contributed by atoms with Crippen LogP contribution >= 0.6 is 11.6 Å². The van der Waals surface area contributed by atoms with Crippen molar-refractivity contribution in [1.29, 1.82) is 0 Å². The molecule has 0 saturated heterocycles. The highest BCUT2D eigenvalue weighted by molar-refractivity contribution is 6.34. The number of ether oxygens (including phenoxy) is 1. The quantitative estimate of drug-likeness (QED) is 0.625. The second-order valence-corrected chi connectivity index (χ2v) is 4.01. The standard InChI is InChI=1S/C11H13ClN2O3/c1-6(10(14)15)5-17-11(16)9-7(12)3-2-4-8(9)13/h2-4,6H,5,13H2,1H3,(H2,14,15). The van der Waals surface area contributed by atoms with E-state index in [1.165, 1.54) is 6.07 Å². The van der Waals surface area contributed by atoms with Gasteiger partial charge in [-0.1, -0.05) is 24.6 Å². The largest absolute Gasteiger partial charge is 0.461 e. The van der Waals surface area contributed by atoms with E-state index in [-0.39, 0.29) is 22.9 Å². The van der Waals surface area contributed by atoms with Crippen molar-refractivity contribution in [3.63, 3.8) is 0 Å². The average molecular weight is 257 g/mol. The van der Waals surface area contributed by atoms with Gasteiger partial charge in [-0.3, -0.25) is 4.79 Å². The number of nitrogen functional groups attached to an aromatic ring is 1. The van der Waals surface area contributed by atoms with Gasteiger partial charge in [-0.2, -0.15) is 0 Å². The molecular formula is C11H13ClN2O3. The van der Waals surface area contributed by atoms with Gasteiger partial charge >= 0.3 is 5.97 Å².